The summed E-state index contributed by atoms with van der Waals surface area (Å²) in [5.41, 5.74) is 2.39. The van der Waals surface area contributed by atoms with E-state index in [0.29, 0.717) is 23.7 Å². The van der Waals surface area contributed by atoms with Crippen molar-refractivity contribution in [1.82, 2.24) is 9.97 Å². The van der Waals surface area contributed by atoms with Gasteiger partial charge < -0.3 is 15.4 Å². The minimum absolute atomic E-state index is 0.242. The van der Waals surface area contributed by atoms with Crippen LogP contribution in [0, 0.1) is 11.3 Å². The fourth-order valence-corrected chi connectivity index (χ4v) is 2.32. The van der Waals surface area contributed by atoms with Crippen LogP contribution in [0.2, 0.25) is 0 Å². The van der Waals surface area contributed by atoms with Crippen molar-refractivity contribution in [2.45, 2.75) is 6.54 Å². The number of carbonyl (C=O) groups is 1. The van der Waals surface area contributed by atoms with Crippen LogP contribution in [-0.4, -0.2) is 23.0 Å². The monoisotopic (exact) mass is 359 g/mol. The molecule has 2 N–H and O–H groups in total. The average molecular weight is 359 g/mol. The predicted molar refractivity (Wildman–Crippen MR) is 101 cm³/mol. The summed E-state index contributed by atoms with van der Waals surface area (Å²) in [5.74, 6) is 0.796. The Morgan fingerprint density at radius 2 is 1.85 bits per heavy atom. The number of benzene rings is 2. The second-order valence-electron chi connectivity index (χ2n) is 5.61. The minimum Gasteiger partial charge on any atom is -0.497 e. The molecule has 0 aliphatic carbocycles. The first-order valence-electron chi connectivity index (χ1n) is 8.19. The Morgan fingerprint density at radius 3 is 2.52 bits per heavy atom. The molecule has 0 aliphatic heterocycles. The van der Waals surface area contributed by atoms with Crippen LogP contribution in [0.25, 0.3) is 0 Å². The summed E-state index contributed by atoms with van der Waals surface area (Å²) >= 11 is 0. The van der Waals surface area contributed by atoms with Crippen molar-refractivity contribution in [3.63, 3.8) is 0 Å². The number of aromatic nitrogens is 2. The Morgan fingerprint density at radius 1 is 1.11 bits per heavy atom. The number of rotatable bonds is 6. The standard InChI is InChI=1S/C20H17N5O2/c1-27-17-8-4-15(5-9-17)13-23-20-22-11-10-18(25-20)19(26)24-16-6-2-14(12-21)3-7-16/h2-11H,13H2,1H3,(H,24,26)(H,22,23,25). The van der Waals surface area contributed by atoms with Crippen molar-refractivity contribution in [2.75, 3.05) is 17.7 Å². The second-order valence-corrected chi connectivity index (χ2v) is 5.61. The summed E-state index contributed by atoms with van der Waals surface area (Å²) < 4.78 is 5.13. The molecule has 134 valence electrons. The highest BCUT2D eigenvalue weighted by atomic mass is 16.5. The highest BCUT2D eigenvalue weighted by Crippen LogP contribution is 2.13. The lowest BCUT2D eigenvalue weighted by atomic mass is 10.2. The summed E-state index contributed by atoms with van der Waals surface area (Å²) in [6.45, 7) is 0.519. The fraction of sp³-hybridized carbons (Fsp3) is 0.100. The van der Waals surface area contributed by atoms with Gasteiger partial charge in [-0.3, -0.25) is 4.79 Å². The van der Waals surface area contributed by atoms with E-state index >= 15 is 0 Å². The first-order chi connectivity index (χ1) is 13.2. The topological polar surface area (TPSA) is 99.9 Å². The van der Waals surface area contributed by atoms with Crippen LogP contribution in [0.1, 0.15) is 21.6 Å². The van der Waals surface area contributed by atoms with Gasteiger partial charge in [0.2, 0.25) is 5.95 Å². The first kappa shape index (κ1) is 17.9. The lowest BCUT2D eigenvalue weighted by Gasteiger charge is -2.08. The molecule has 1 heterocycles. The van der Waals surface area contributed by atoms with Crippen molar-refractivity contribution in [2.24, 2.45) is 0 Å². The Labute approximate surface area is 156 Å². The van der Waals surface area contributed by atoms with Crippen LogP contribution in [0.3, 0.4) is 0 Å². The van der Waals surface area contributed by atoms with Crippen molar-refractivity contribution in [3.8, 4) is 11.8 Å². The van der Waals surface area contributed by atoms with Gasteiger partial charge >= 0.3 is 0 Å². The molecular formula is C20H17N5O2. The maximum atomic E-state index is 12.4. The normalized spacial score (nSPS) is 9.93. The van der Waals surface area contributed by atoms with Gasteiger partial charge in [-0.1, -0.05) is 12.1 Å². The van der Waals surface area contributed by atoms with E-state index in [1.54, 1.807) is 31.4 Å². The predicted octanol–water partition coefficient (Wildman–Crippen LogP) is 3.22. The molecule has 7 nitrogen and oxygen atoms in total. The maximum Gasteiger partial charge on any atom is 0.274 e. The van der Waals surface area contributed by atoms with Crippen molar-refractivity contribution >= 4 is 17.5 Å². The molecule has 2 aromatic carbocycles. The van der Waals surface area contributed by atoms with Crippen LogP contribution < -0.4 is 15.4 Å². The third-order valence-corrected chi connectivity index (χ3v) is 3.77. The lowest BCUT2D eigenvalue weighted by Crippen LogP contribution is -2.15. The van der Waals surface area contributed by atoms with E-state index in [9.17, 15) is 4.79 Å². The summed E-state index contributed by atoms with van der Waals surface area (Å²) in [4.78, 5) is 20.7. The molecule has 0 aliphatic rings. The second kappa shape index (κ2) is 8.45. The van der Waals surface area contributed by atoms with Crippen molar-refractivity contribution in [3.05, 3.63) is 77.6 Å². The van der Waals surface area contributed by atoms with E-state index in [1.807, 2.05) is 30.3 Å². The van der Waals surface area contributed by atoms with Crippen LogP contribution in [-0.2, 0) is 6.54 Å². The first-order valence-corrected chi connectivity index (χ1v) is 8.19. The van der Waals surface area contributed by atoms with Gasteiger partial charge in [-0.25, -0.2) is 9.97 Å². The number of hydrogen-bond acceptors (Lipinski definition) is 6. The fourth-order valence-electron chi connectivity index (χ4n) is 2.32. The van der Waals surface area contributed by atoms with Gasteiger partial charge in [0.05, 0.1) is 18.7 Å². The quantitative estimate of drug-likeness (QED) is 0.701. The summed E-state index contributed by atoms with van der Waals surface area (Å²) in [7, 11) is 1.62. The highest BCUT2D eigenvalue weighted by Gasteiger charge is 2.09. The van der Waals surface area contributed by atoms with E-state index < -0.39 is 0 Å². The van der Waals surface area contributed by atoms with Gasteiger partial charge in [0.25, 0.3) is 5.91 Å². The molecule has 0 atom stereocenters. The van der Waals surface area contributed by atoms with Crippen LogP contribution in [0.5, 0.6) is 5.75 Å². The van der Waals surface area contributed by atoms with E-state index in [-0.39, 0.29) is 11.6 Å². The SMILES string of the molecule is COc1ccc(CNc2nccc(C(=O)Nc3ccc(C#N)cc3)n2)cc1. The molecule has 1 aromatic heterocycles. The Balaban J connectivity index is 1.63. The molecule has 0 bridgehead atoms. The molecule has 0 saturated heterocycles. The number of nitrogens with one attached hydrogen (secondary N) is 2. The number of anilines is 2. The Hall–Kier alpha value is -3.92. The third-order valence-electron chi connectivity index (χ3n) is 3.77. The highest BCUT2D eigenvalue weighted by molar-refractivity contribution is 6.02. The van der Waals surface area contributed by atoms with Gasteiger partial charge in [-0.2, -0.15) is 5.26 Å². The minimum atomic E-state index is -0.352. The van der Waals surface area contributed by atoms with Gasteiger partial charge in [0.1, 0.15) is 11.4 Å². The molecule has 0 unspecified atom stereocenters. The zero-order valence-corrected chi connectivity index (χ0v) is 14.6. The van der Waals surface area contributed by atoms with Crippen molar-refractivity contribution in [1.29, 1.82) is 5.26 Å². The zero-order chi connectivity index (χ0) is 19.1. The molecule has 7 heteroatoms. The number of amides is 1. The zero-order valence-electron chi connectivity index (χ0n) is 14.6. The molecule has 27 heavy (non-hydrogen) atoms. The number of carbonyl (C=O) groups excluding carboxylic acids is 1. The maximum absolute atomic E-state index is 12.4. The van der Waals surface area contributed by atoms with Gasteiger partial charge in [-0.05, 0) is 48.0 Å². The molecule has 0 saturated carbocycles. The number of hydrogen-bond donors (Lipinski definition) is 2. The molecule has 3 aromatic rings. The lowest BCUT2D eigenvalue weighted by molar-refractivity contribution is 0.102. The molecule has 1 amide bonds. The average Bonchev–Trinajstić information content (AvgIpc) is 2.73. The molecular weight excluding hydrogens is 342 g/mol. The molecule has 0 spiro atoms. The van der Waals surface area contributed by atoms with E-state index in [1.165, 1.54) is 12.3 Å². The largest absolute Gasteiger partial charge is 0.497 e. The Bertz CT molecular complexity index is 963. The molecule has 0 radical (unpaired) electrons. The van der Waals surface area contributed by atoms with E-state index in [4.69, 9.17) is 10.00 Å². The van der Waals surface area contributed by atoms with E-state index in [0.717, 1.165) is 11.3 Å². The summed E-state index contributed by atoms with van der Waals surface area (Å²) in [6, 6.07) is 17.8. The summed E-state index contributed by atoms with van der Waals surface area (Å²) in [6.07, 6.45) is 1.52. The van der Waals surface area contributed by atoms with Crippen LogP contribution in [0.4, 0.5) is 11.6 Å². The van der Waals surface area contributed by atoms with Crippen LogP contribution in [0.15, 0.2) is 60.8 Å². The van der Waals surface area contributed by atoms with Gasteiger partial charge in [0.15, 0.2) is 0 Å². The smallest absolute Gasteiger partial charge is 0.274 e. The molecule has 3 rings (SSSR count). The number of ether oxygens (including phenoxy) is 1. The van der Waals surface area contributed by atoms with Gasteiger partial charge in [-0.15, -0.1) is 0 Å². The number of methoxy groups -OCH3 is 1. The third kappa shape index (κ3) is 4.80. The van der Waals surface area contributed by atoms with Crippen molar-refractivity contribution < 1.29 is 9.53 Å². The Kier molecular flexibility index (Phi) is 5.60. The number of nitriles is 1. The van der Waals surface area contributed by atoms with Crippen LogP contribution >= 0.6 is 0 Å². The molecule has 0 fully saturated rings. The van der Waals surface area contributed by atoms with E-state index in [2.05, 4.69) is 20.6 Å². The number of nitrogens with zero attached hydrogens (tertiary/aromatic N) is 3. The summed E-state index contributed by atoms with van der Waals surface area (Å²) in [5, 5.41) is 14.6. The van der Waals surface area contributed by atoms with Gasteiger partial charge in [0, 0.05) is 18.4 Å².